The van der Waals surface area contributed by atoms with Crippen LogP contribution in [0.3, 0.4) is 0 Å². The highest BCUT2D eigenvalue weighted by atomic mass is 79.9. The molecule has 64 valence electrons. The van der Waals surface area contributed by atoms with E-state index in [0.717, 1.165) is 17.5 Å². The van der Waals surface area contributed by atoms with Gasteiger partial charge in [0.25, 0.3) is 0 Å². The molecule has 0 aromatic heterocycles. The van der Waals surface area contributed by atoms with Gasteiger partial charge in [0.1, 0.15) is 0 Å². The van der Waals surface area contributed by atoms with E-state index in [1.54, 1.807) is 0 Å². The number of hydrogen-bond donors (Lipinski definition) is 0. The molecule has 0 radical (unpaired) electrons. The summed E-state index contributed by atoms with van der Waals surface area (Å²) < 4.78 is 6.29. The molecule has 1 atom stereocenters. The van der Waals surface area contributed by atoms with Crippen molar-refractivity contribution in [3.63, 3.8) is 0 Å². The molecule has 1 nitrogen and oxygen atoms in total. The number of benzene rings is 1. The molecule has 0 amide bonds. The standard InChI is InChI=1S/C10H11BrO/c11-9-4-1-8(2-5-9)3-6-10-7-12-10/h1-2,4-5,10H,3,6-7H2/t10-/m1/s1. The van der Waals surface area contributed by atoms with Crippen molar-refractivity contribution in [2.45, 2.75) is 18.9 Å². The number of aryl methyl sites for hydroxylation is 1. The number of hydrogen-bond acceptors (Lipinski definition) is 1. The van der Waals surface area contributed by atoms with E-state index in [0.29, 0.717) is 6.10 Å². The Morgan fingerprint density at radius 3 is 2.58 bits per heavy atom. The lowest BCUT2D eigenvalue weighted by atomic mass is 10.1. The molecule has 2 rings (SSSR count). The molecule has 1 aliphatic rings. The number of rotatable bonds is 3. The summed E-state index contributed by atoms with van der Waals surface area (Å²) >= 11 is 3.41. The highest BCUT2D eigenvalue weighted by Crippen LogP contribution is 2.18. The molecule has 1 heterocycles. The highest BCUT2D eigenvalue weighted by molar-refractivity contribution is 9.10. The average molecular weight is 227 g/mol. The molecular weight excluding hydrogens is 216 g/mol. The van der Waals surface area contributed by atoms with Gasteiger partial charge < -0.3 is 4.74 Å². The molecule has 0 saturated carbocycles. The quantitative estimate of drug-likeness (QED) is 0.723. The minimum atomic E-state index is 0.550. The van der Waals surface area contributed by atoms with Crippen LogP contribution >= 0.6 is 15.9 Å². The van der Waals surface area contributed by atoms with Crippen molar-refractivity contribution in [3.8, 4) is 0 Å². The molecule has 1 aromatic rings. The van der Waals surface area contributed by atoms with Crippen LogP contribution in [0.2, 0.25) is 0 Å². The van der Waals surface area contributed by atoms with Gasteiger partial charge in [0.15, 0.2) is 0 Å². The van der Waals surface area contributed by atoms with Crippen LogP contribution in [0.4, 0.5) is 0 Å². The fraction of sp³-hybridized carbons (Fsp3) is 0.400. The van der Waals surface area contributed by atoms with Gasteiger partial charge in [0.2, 0.25) is 0 Å². The van der Waals surface area contributed by atoms with Crippen molar-refractivity contribution in [3.05, 3.63) is 34.3 Å². The Morgan fingerprint density at radius 1 is 1.33 bits per heavy atom. The number of halogens is 1. The predicted molar refractivity (Wildman–Crippen MR) is 52.2 cm³/mol. The summed E-state index contributed by atoms with van der Waals surface area (Å²) in [4.78, 5) is 0. The van der Waals surface area contributed by atoms with Crippen LogP contribution in [0.25, 0.3) is 0 Å². The third-order valence-electron chi connectivity index (χ3n) is 2.07. The predicted octanol–water partition coefficient (Wildman–Crippen LogP) is 2.78. The van der Waals surface area contributed by atoms with Crippen LogP contribution in [0, 0.1) is 0 Å². The highest BCUT2D eigenvalue weighted by Gasteiger charge is 2.21. The molecule has 0 bridgehead atoms. The molecule has 1 fully saturated rings. The summed E-state index contributed by atoms with van der Waals surface area (Å²) in [5.41, 5.74) is 1.40. The van der Waals surface area contributed by atoms with Crippen molar-refractivity contribution in [1.29, 1.82) is 0 Å². The fourth-order valence-corrected chi connectivity index (χ4v) is 1.48. The first-order chi connectivity index (χ1) is 5.84. The number of epoxide rings is 1. The average Bonchev–Trinajstić information content (AvgIpc) is 2.87. The molecule has 0 N–H and O–H groups in total. The molecule has 1 saturated heterocycles. The second-order valence-electron chi connectivity index (χ2n) is 3.12. The zero-order valence-electron chi connectivity index (χ0n) is 6.79. The van der Waals surface area contributed by atoms with E-state index in [9.17, 15) is 0 Å². The summed E-state index contributed by atoms with van der Waals surface area (Å²) in [6.07, 6.45) is 2.85. The second-order valence-corrected chi connectivity index (χ2v) is 4.04. The maximum atomic E-state index is 5.14. The topological polar surface area (TPSA) is 12.5 Å². The van der Waals surface area contributed by atoms with Gasteiger partial charge in [0, 0.05) is 4.47 Å². The number of ether oxygens (including phenoxy) is 1. The van der Waals surface area contributed by atoms with Gasteiger partial charge in [-0.15, -0.1) is 0 Å². The van der Waals surface area contributed by atoms with Crippen LogP contribution in [0.1, 0.15) is 12.0 Å². The Hall–Kier alpha value is -0.340. The maximum Gasteiger partial charge on any atom is 0.0813 e. The van der Waals surface area contributed by atoms with Gasteiger partial charge in [-0.3, -0.25) is 0 Å². The van der Waals surface area contributed by atoms with E-state index >= 15 is 0 Å². The monoisotopic (exact) mass is 226 g/mol. The van der Waals surface area contributed by atoms with E-state index in [1.807, 2.05) is 0 Å². The van der Waals surface area contributed by atoms with Crippen LogP contribution in [0.5, 0.6) is 0 Å². The molecule has 0 unspecified atom stereocenters. The van der Waals surface area contributed by atoms with E-state index < -0.39 is 0 Å². The molecule has 12 heavy (non-hydrogen) atoms. The van der Waals surface area contributed by atoms with Gasteiger partial charge >= 0.3 is 0 Å². The third-order valence-corrected chi connectivity index (χ3v) is 2.60. The summed E-state index contributed by atoms with van der Waals surface area (Å²) in [7, 11) is 0. The summed E-state index contributed by atoms with van der Waals surface area (Å²) in [5.74, 6) is 0. The smallest absolute Gasteiger partial charge is 0.0813 e. The van der Waals surface area contributed by atoms with Crippen molar-refractivity contribution in [2.24, 2.45) is 0 Å². The van der Waals surface area contributed by atoms with Crippen molar-refractivity contribution < 1.29 is 4.74 Å². The first-order valence-corrected chi connectivity index (χ1v) is 5.00. The van der Waals surface area contributed by atoms with Crippen LogP contribution in [-0.4, -0.2) is 12.7 Å². The normalized spacial score (nSPS) is 20.9. The summed E-state index contributed by atoms with van der Waals surface area (Å²) in [5, 5.41) is 0. The first-order valence-electron chi connectivity index (χ1n) is 4.20. The largest absolute Gasteiger partial charge is 0.373 e. The lowest BCUT2D eigenvalue weighted by Crippen LogP contribution is -1.90. The molecular formula is C10H11BrO. The molecule has 0 aliphatic carbocycles. The minimum absolute atomic E-state index is 0.550. The molecule has 2 heteroatoms. The zero-order valence-corrected chi connectivity index (χ0v) is 8.38. The minimum Gasteiger partial charge on any atom is -0.373 e. The molecule has 1 aromatic carbocycles. The van der Waals surface area contributed by atoms with Gasteiger partial charge in [-0.05, 0) is 30.5 Å². The molecule has 0 spiro atoms. The van der Waals surface area contributed by atoms with Gasteiger partial charge in [-0.1, -0.05) is 28.1 Å². The summed E-state index contributed by atoms with van der Waals surface area (Å²) in [6, 6.07) is 8.49. The maximum absolute atomic E-state index is 5.14. The Bertz CT molecular complexity index is 251. The van der Waals surface area contributed by atoms with Gasteiger partial charge in [0.05, 0.1) is 12.7 Å². The molecule has 1 aliphatic heterocycles. The van der Waals surface area contributed by atoms with Gasteiger partial charge in [-0.2, -0.15) is 0 Å². The van der Waals surface area contributed by atoms with Gasteiger partial charge in [-0.25, -0.2) is 0 Å². The second kappa shape index (κ2) is 3.58. The Morgan fingerprint density at radius 2 is 2.00 bits per heavy atom. The lowest BCUT2D eigenvalue weighted by molar-refractivity contribution is 0.397. The van der Waals surface area contributed by atoms with Crippen LogP contribution < -0.4 is 0 Å². The van der Waals surface area contributed by atoms with Crippen LogP contribution in [0.15, 0.2) is 28.7 Å². The van der Waals surface area contributed by atoms with Crippen molar-refractivity contribution >= 4 is 15.9 Å². The summed E-state index contributed by atoms with van der Waals surface area (Å²) in [6.45, 7) is 0.969. The van der Waals surface area contributed by atoms with Crippen molar-refractivity contribution in [1.82, 2.24) is 0 Å². The van der Waals surface area contributed by atoms with Crippen molar-refractivity contribution in [2.75, 3.05) is 6.61 Å². The fourth-order valence-electron chi connectivity index (χ4n) is 1.21. The first kappa shape index (κ1) is 8.27. The Kier molecular flexibility index (Phi) is 2.47. The third kappa shape index (κ3) is 2.32. The SMILES string of the molecule is Brc1ccc(CC[C@@H]2CO2)cc1. The Balaban J connectivity index is 1.89. The van der Waals surface area contributed by atoms with Crippen LogP contribution in [-0.2, 0) is 11.2 Å². The zero-order chi connectivity index (χ0) is 8.39. The van der Waals surface area contributed by atoms with E-state index in [4.69, 9.17) is 4.74 Å². The van der Waals surface area contributed by atoms with E-state index in [-0.39, 0.29) is 0 Å². The van der Waals surface area contributed by atoms with E-state index in [2.05, 4.69) is 40.2 Å². The van der Waals surface area contributed by atoms with E-state index in [1.165, 1.54) is 12.0 Å². The lowest BCUT2D eigenvalue weighted by Gasteiger charge is -1.98. The Labute approximate surface area is 80.9 Å².